The number of anilines is 1. The summed E-state index contributed by atoms with van der Waals surface area (Å²) in [6.45, 7) is 0. The van der Waals surface area contributed by atoms with Crippen molar-refractivity contribution in [2.24, 2.45) is 0 Å². The third-order valence-electron chi connectivity index (χ3n) is 2.89. The summed E-state index contributed by atoms with van der Waals surface area (Å²) in [5.74, 6) is -0.325. The Balaban J connectivity index is 2.19. The number of nitrogen functional groups attached to an aromatic ring is 1. The predicted molar refractivity (Wildman–Crippen MR) is 75.1 cm³/mol. The Bertz CT molecular complexity index is 727. The average Bonchev–Trinajstić information content (AvgIpc) is 2.49. The SMILES string of the molecule is Nc1ncc(-c2ccc(F)nc2)c(-c2ccccc2)n1. The molecule has 0 amide bonds. The number of halogens is 1. The number of nitrogens with zero attached hydrogens (tertiary/aromatic N) is 3. The first-order valence-corrected chi connectivity index (χ1v) is 6.04. The second kappa shape index (κ2) is 5.05. The third-order valence-corrected chi connectivity index (χ3v) is 2.89. The molecule has 98 valence electrons. The van der Waals surface area contributed by atoms with Crippen LogP contribution in [-0.4, -0.2) is 15.0 Å². The van der Waals surface area contributed by atoms with Gasteiger partial charge in [0.25, 0.3) is 0 Å². The molecule has 5 heteroatoms. The summed E-state index contributed by atoms with van der Waals surface area (Å²) in [6.07, 6.45) is 3.08. The van der Waals surface area contributed by atoms with Gasteiger partial charge in [0, 0.05) is 29.1 Å². The van der Waals surface area contributed by atoms with Gasteiger partial charge in [-0.25, -0.2) is 15.0 Å². The summed E-state index contributed by atoms with van der Waals surface area (Å²) in [6, 6.07) is 12.6. The predicted octanol–water partition coefficient (Wildman–Crippen LogP) is 2.93. The molecule has 3 rings (SSSR count). The number of pyridine rings is 1. The molecule has 0 atom stereocenters. The summed E-state index contributed by atoms with van der Waals surface area (Å²) in [7, 11) is 0. The summed E-state index contributed by atoms with van der Waals surface area (Å²) < 4.78 is 12.9. The van der Waals surface area contributed by atoms with Crippen molar-refractivity contribution in [2.75, 3.05) is 5.73 Å². The Morgan fingerprint density at radius 3 is 2.35 bits per heavy atom. The van der Waals surface area contributed by atoms with Crippen molar-refractivity contribution >= 4 is 5.95 Å². The van der Waals surface area contributed by atoms with Gasteiger partial charge >= 0.3 is 0 Å². The Labute approximate surface area is 115 Å². The molecule has 0 fully saturated rings. The number of hydrogen-bond acceptors (Lipinski definition) is 4. The van der Waals surface area contributed by atoms with Crippen LogP contribution in [0.5, 0.6) is 0 Å². The Morgan fingerprint density at radius 2 is 1.65 bits per heavy atom. The van der Waals surface area contributed by atoms with Crippen molar-refractivity contribution in [3.63, 3.8) is 0 Å². The molecule has 0 saturated heterocycles. The fourth-order valence-electron chi connectivity index (χ4n) is 1.96. The molecule has 2 N–H and O–H groups in total. The number of rotatable bonds is 2. The van der Waals surface area contributed by atoms with Gasteiger partial charge in [-0.05, 0) is 12.1 Å². The molecule has 3 aromatic rings. The van der Waals surface area contributed by atoms with Gasteiger partial charge in [0.15, 0.2) is 0 Å². The molecule has 0 aliphatic heterocycles. The van der Waals surface area contributed by atoms with Gasteiger partial charge in [-0.3, -0.25) is 0 Å². The van der Waals surface area contributed by atoms with E-state index < -0.39 is 5.95 Å². The van der Waals surface area contributed by atoms with E-state index in [0.717, 1.165) is 16.7 Å². The standard InChI is InChI=1S/C15H11FN4/c16-13-7-6-11(8-18-13)12-9-19-15(17)20-14(12)10-4-2-1-3-5-10/h1-9H,(H2,17,19,20). The quantitative estimate of drug-likeness (QED) is 0.724. The van der Waals surface area contributed by atoms with Crippen LogP contribution in [0.2, 0.25) is 0 Å². The van der Waals surface area contributed by atoms with Gasteiger partial charge in [-0.1, -0.05) is 30.3 Å². The molecule has 0 aliphatic carbocycles. The van der Waals surface area contributed by atoms with E-state index in [1.807, 2.05) is 30.3 Å². The van der Waals surface area contributed by atoms with Gasteiger partial charge in [0.1, 0.15) is 0 Å². The highest BCUT2D eigenvalue weighted by atomic mass is 19.1. The first-order valence-electron chi connectivity index (χ1n) is 6.04. The maximum Gasteiger partial charge on any atom is 0.220 e. The minimum atomic E-state index is -0.522. The van der Waals surface area contributed by atoms with Crippen molar-refractivity contribution in [1.29, 1.82) is 0 Å². The van der Waals surface area contributed by atoms with Crippen LogP contribution in [0, 0.1) is 5.95 Å². The van der Waals surface area contributed by atoms with E-state index in [9.17, 15) is 4.39 Å². The molecular formula is C15H11FN4. The molecule has 0 radical (unpaired) electrons. The van der Waals surface area contributed by atoms with Gasteiger partial charge in [0.05, 0.1) is 5.69 Å². The zero-order valence-corrected chi connectivity index (χ0v) is 10.5. The zero-order valence-electron chi connectivity index (χ0n) is 10.5. The first kappa shape index (κ1) is 12.2. The normalized spacial score (nSPS) is 10.4. The molecule has 20 heavy (non-hydrogen) atoms. The smallest absolute Gasteiger partial charge is 0.220 e. The summed E-state index contributed by atoms with van der Waals surface area (Å²) >= 11 is 0. The Hall–Kier alpha value is -2.82. The van der Waals surface area contributed by atoms with Crippen molar-refractivity contribution in [1.82, 2.24) is 15.0 Å². The monoisotopic (exact) mass is 266 g/mol. The van der Waals surface area contributed by atoms with Gasteiger partial charge < -0.3 is 5.73 Å². The minimum absolute atomic E-state index is 0.197. The lowest BCUT2D eigenvalue weighted by atomic mass is 10.0. The molecule has 0 aliphatic rings. The van der Waals surface area contributed by atoms with E-state index >= 15 is 0 Å². The molecule has 2 aromatic heterocycles. The van der Waals surface area contributed by atoms with Crippen molar-refractivity contribution in [3.05, 3.63) is 60.8 Å². The second-order valence-electron chi connectivity index (χ2n) is 4.23. The maximum atomic E-state index is 12.9. The first-order chi connectivity index (χ1) is 9.74. The molecule has 1 aromatic carbocycles. The van der Waals surface area contributed by atoms with E-state index in [-0.39, 0.29) is 5.95 Å². The lowest BCUT2D eigenvalue weighted by Gasteiger charge is -2.09. The Kier molecular flexibility index (Phi) is 3.09. The second-order valence-corrected chi connectivity index (χ2v) is 4.23. The van der Waals surface area contributed by atoms with E-state index in [4.69, 9.17) is 5.73 Å². The average molecular weight is 266 g/mol. The summed E-state index contributed by atoms with van der Waals surface area (Å²) in [5.41, 5.74) is 8.79. The number of aromatic nitrogens is 3. The largest absolute Gasteiger partial charge is 0.368 e. The molecule has 0 bridgehead atoms. The summed E-state index contributed by atoms with van der Waals surface area (Å²) in [4.78, 5) is 12.0. The molecule has 0 saturated carbocycles. The molecule has 0 unspecified atom stereocenters. The van der Waals surface area contributed by atoms with Gasteiger partial charge in [-0.2, -0.15) is 4.39 Å². The van der Waals surface area contributed by atoms with Crippen LogP contribution in [0.3, 0.4) is 0 Å². The minimum Gasteiger partial charge on any atom is -0.368 e. The van der Waals surface area contributed by atoms with Crippen molar-refractivity contribution < 1.29 is 4.39 Å². The van der Waals surface area contributed by atoms with Gasteiger partial charge in [0.2, 0.25) is 11.9 Å². The van der Waals surface area contributed by atoms with E-state index in [1.54, 1.807) is 12.3 Å². The highest BCUT2D eigenvalue weighted by molar-refractivity contribution is 5.80. The fourth-order valence-corrected chi connectivity index (χ4v) is 1.96. The van der Waals surface area contributed by atoms with Crippen molar-refractivity contribution in [2.45, 2.75) is 0 Å². The highest BCUT2D eigenvalue weighted by Crippen LogP contribution is 2.29. The van der Waals surface area contributed by atoms with Crippen LogP contribution in [0.1, 0.15) is 0 Å². The molecule has 0 spiro atoms. The number of hydrogen-bond donors (Lipinski definition) is 1. The Morgan fingerprint density at radius 1 is 0.850 bits per heavy atom. The maximum absolute atomic E-state index is 12.9. The lowest BCUT2D eigenvalue weighted by Crippen LogP contribution is -1.99. The molecule has 4 nitrogen and oxygen atoms in total. The third kappa shape index (κ3) is 2.33. The van der Waals surface area contributed by atoms with Gasteiger partial charge in [-0.15, -0.1) is 0 Å². The van der Waals surface area contributed by atoms with E-state index in [0.29, 0.717) is 5.69 Å². The summed E-state index contributed by atoms with van der Waals surface area (Å²) in [5, 5.41) is 0. The fraction of sp³-hybridized carbons (Fsp3) is 0. The molecular weight excluding hydrogens is 255 g/mol. The van der Waals surface area contributed by atoms with Crippen LogP contribution >= 0.6 is 0 Å². The van der Waals surface area contributed by atoms with Crippen LogP contribution in [0.4, 0.5) is 10.3 Å². The lowest BCUT2D eigenvalue weighted by molar-refractivity contribution is 0.584. The van der Waals surface area contributed by atoms with Crippen LogP contribution in [0.15, 0.2) is 54.9 Å². The van der Waals surface area contributed by atoms with Crippen molar-refractivity contribution in [3.8, 4) is 22.4 Å². The molecule has 2 heterocycles. The number of benzene rings is 1. The highest BCUT2D eigenvalue weighted by Gasteiger charge is 2.11. The number of nitrogens with two attached hydrogens (primary N) is 1. The van der Waals surface area contributed by atoms with Crippen LogP contribution in [0.25, 0.3) is 22.4 Å². The zero-order chi connectivity index (χ0) is 13.9. The van der Waals surface area contributed by atoms with Crippen LogP contribution < -0.4 is 5.73 Å². The van der Waals surface area contributed by atoms with Crippen LogP contribution in [-0.2, 0) is 0 Å². The van der Waals surface area contributed by atoms with E-state index in [1.165, 1.54) is 12.3 Å². The topological polar surface area (TPSA) is 64.7 Å². The van der Waals surface area contributed by atoms with E-state index in [2.05, 4.69) is 15.0 Å².